The number of fused-ring (bicyclic) bond motifs is 1. The molecule has 1 aromatic rings. The standard InChI is InChI=1S/C8H7NOS/c10-6-1-2-7-5(3-6)4-8(11)9-7/h1-3,10H,4H2,(H,9,11). The number of anilines is 1. The Balaban J connectivity index is 2.51. The zero-order valence-corrected chi connectivity index (χ0v) is 6.61. The van der Waals surface area contributed by atoms with Crippen LogP contribution in [0, 0.1) is 0 Å². The maximum absolute atomic E-state index is 9.11. The molecule has 0 amide bonds. The summed E-state index contributed by atoms with van der Waals surface area (Å²) in [7, 11) is 0. The smallest absolute Gasteiger partial charge is 0.116 e. The highest BCUT2D eigenvalue weighted by Gasteiger charge is 2.13. The Bertz CT molecular complexity index is 322. The number of hydrogen-bond donors (Lipinski definition) is 2. The van der Waals surface area contributed by atoms with Crippen LogP contribution >= 0.6 is 12.2 Å². The van der Waals surface area contributed by atoms with Crippen LogP contribution in [0.4, 0.5) is 5.69 Å². The van der Waals surface area contributed by atoms with Crippen LogP contribution < -0.4 is 5.32 Å². The van der Waals surface area contributed by atoms with Gasteiger partial charge in [0.05, 0.1) is 4.99 Å². The van der Waals surface area contributed by atoms with Crippen molar-refractivity contribution in [2.24, 2.45) is 0 Å². The van der Waals surface area contributed by atoms with Gasteiger partial charge in [-0.1, -0.05) is 12.2 Å². The number of thiocarbonyl (C=S) groups is 1. The fraction of sp³-hybridized carbons (Fsp3) is 0.125. The fourth-order valence-corrected chi connectivity index (χ4v) is 1.48. The maximum atomic E-state index is 9.11. The molecule has 2 rings (SSSR count). The number of phenolic OH excluding ortho intramolecular Hbond substituents is 1. The van der Waals surface area contributed by atoms with E-state index in [0.29, 0.717) is 5.75 Å². The molecule has 2 N–H and O–H groups in total. The van der Waals surface area contributed by atoms with Gasteiger partial charge in [0.25, 0.3) is 0 Å². The minimum absolute atomic E-state index is 0.301. The number of phenols is 1. The molecular formula is C8H7NOS. The number of rotatable bonds is 0. The van der Waals surface area contributed by atoms with Crippen molar-refractivity contribution in [3.8, 4) is 5.75 Å². The highest BCUT2D eigenvalue weighted by molar-refractivity contribution is 7.80. The Morgan fingerprint density at radius 2 is 2.27 bits per heavy atom. The minimum Gasteiger partial charge on any atom is -0.508 e. The number of hydrogen-bond acceptors (Lipinski definition) is 2. The van der Waals surface area contributed by atoms with Gasteiger partial charge < -0.3 is 10.4 Å². The molecule has 0 bridgehead atoms. The van der Waals surface area contributed by atoms with Crippen molar-refractivity contribution in [2.75, 3.05) is 5.32 Å². The second kappa shape index (κ2) is 2.20. The quantitative estimate of drug-likeness (QED) is 0.453. The first-order chi connectivity index (χ1) is 5.25. The topological polar surface area (TPSA) is 32.3 Å². The van der Waals surface area contributed by atoms with Gasteiger partial charge in [-0.15, -0.1) is 0 Å². The van der Waals surface area contributed by atoms with Gasteiger partial charge in [0, 0.05) is 12.1 Å². The van der Waals surface area contributed by atoms with E-state index in [2.05, 4.69) is 5.32 Å². The Kier molecular flexibility index (Phi) is 1.32. The van der Waals surface area contributed by atoms with Gasteiger partial charge in [0.1, 0.15) is 5.75 Å². The average molecular weight is 165 g/mol. The molecule has 1 aliphatic heterocycles. The van der Waals surface area contributed by atoms with Crippen LogP contribution in [0.2, 0.25) is 0 Å². The summed E-state index contributed by atoms with van der Waals surface area (Å²) in [5.41, 5.74) is 2.10. The van der Waals surface area contributed by atoms with E-state index < -0.39 is 0 Å². The SMILES string of the molecule is Oc1ccc2c(c1)CC(=S)N2. The lowest BCUT2D eigenvalue weighted by Crippen LogP contribution is -2.00. The first-order valence-corrected chi connectivity index (χ1v) is 3.78. The highest BCUT2D eigenvalue weighted by Crippen LogP contribution is 2.26. The summed E-state index contributed by atoms with van der Waals surface area (Å²) in [6.45, 7) is 0. The second-order valence-electron chi connectivity index (χ2n) is 2.57. The zero-order chi connectivity index (χ0) is 7.84. The summed E-state index contributed by atoms with van der Waals surface area (Å²) in [5, 5.41) is 12.2. The molecule has 1 heterocycles. The summed E-state index contributed by atoms with van der Waals surface area (Å²) < 4.78 is 0. The predicted molar refractivity (Wildman–Crippen MR) is 48.0 cm³/mol. The monoisotopic (exact) mass is 165 g/mol. The Morgan fingerprint density at radius 1 is 1.45 bits per heavy atom. The van der Waals surface area contributed by atoms with Crippen LogP contribution in [-0.2, 0) is 6.42 Å². The van der Waals surface area contributed by atoms with Crippen LogP contribution in [0.5, 0.6) is 5.75 Å². The van der Waals surface area contributed by atoms with Crippen LogP contribution in [0.1, 0.15) is 5.56 Å². The molecule has 0 aliphatic carbocycles. The first-order valence-electron chi connectivity index (χ1n) is 3.37. The second-order valence-corrected chi connectivity index (χ2v) is 3.06. The number of nitrogens with one attached hydrogen (secondary N) is 1. The molecule has 0 atom stereocenters. The molecule has 2 nitrogen and oxygen atoms in total. The molecule has 0 radical (unpaired) electrons. The van der Waals surface area contributed by atoms with Gasteiger partial charge in [0.2, 0.25) is 0 Å². The van der Waals surface area contributed by atoms with E-state index in [1.807, 2.05) is 6.07 Å². The summed E-state index contributed by atoms with van der Waals surface area (Å²) in [6, 6.07) is 5.23. The minimum atomic E-state index is 0.301. The van der Waals surface area contributed by atoms with Gasteiger partial charge in [-0.2, -0.15) is 0 Å². The molecule has 1 aromatic carbocycles. The third kappa shape index (κ3) is 1.07. The molecule has 3 heteroatoms. The Labute approximate surface area is 69.9 Å². The van der Waals surface area contributed by atoms with Crippen molar-refractivity contribution < 1.29 is 5.11 Å². The number of aromatic hydroxyl groups is 1. The van der Waals surface area contributed by atoms with Crippen molar-refractivity contribution in [2.45, 2.75) is 6.42 Å². The Morgan fingerprint density at radius 3 is 3.09 bits per heavy atom. The van der Waals surface area contributed by atoms with E-state index in [9.17, 15) is 0 Å². The van der Waals surface area contributed by atoms with Crippen molar-refractivity contribution in [1.82, 2.24) is 0 Å². The molecule has 0 saturated carbocycles. The molecule has 1 aliphatic rings. The maximum Gasteiger partial charge on any atom is 0.116 e. The molecular weight excluding hydrogens is 158 g/mol. The predicted octanol–water partition coefficient (Wildman–Crippen LogP) is 1.69. The lowest BCUT2D eigenvalue weighted by molar-refractivity contribution is 0.475. The normalized spacial score (nSPS) is 14.4. The lowest BCUT2D eigenvalue weighted by Gasteiger charge is -1.97. The van der Waals surface area contributed by atoms with Gasteiger partial charge in [-0.05, 0) is 23.8 Å². The summed E-state index contributed by atoms with van der Waals surface area (Å²) in [5.74, 6) is 0.301. The van der Waals surface area contributed by atoms with Gasteiger partial charge in [-0.3, -0.25) is 0 Å². The molecule has 0 saturated heterocycles. The van der Waals surface area contributed by atoms with Crippen molar-refractivity contribution in [1.29, 1.82) is 0 Å². The lowest BCUT2D eigenvalue weighted by atomic mass is 10.1. The average Bonchev–Trinajstić information content (AvgIpc) is 2.27. The Hall–Kier alpha value is -1.09. The summed E-state index contributed by atoms with van der Waals surface area (Å²) in [6.07, 6.45) is 0.749. The highest BCUT2D eigenvalue weighted by atomic mass is 32.1. The van der Waals surface area contributed by atoms with E-state index in [-0.39, 0.29) is 0 Å². The van der Waals surface area contributed by atoms with E-state index in [0.717, 1.165) is 22.7 Å². The van der Waals surface area contributed by atoms with Crippen molar-refractivity contribution in [3.05, 3.63) is 23.8 Å². The molecule has 0 unspecified atom stereocenters. The van der Waals surface area contributed by atoms with Crippen LogP contribution in [0.25, 0.3) is 0 Å². The number of benzene rings is 1. The van der Waals surface area contributed by atoms with Crippen LogP contribution in [-0.4, -0.2) is 10.1 Å². The molecule has 0 spiro atoms. The molecule has 0 fully saturated rings. The van der Waals surface area contributed by atoms with Gasteiger partial charge in [-0.25, -0.2) is 0 Å². The molecule has 11 heavy (non-hydrogen) atoms. The fourth-order valence-electron chi connectivity index (χ4n) is 1.22. The summed E-state index contributed by atoms with van der Waals surface area (Å²) >= 11 is 4.97. The first kappa shape index (κ1) is 6.61. The molecule has 56 valence electrons. The van der Waals surface area contributed by atoms with Crippen LogP contribution in [0.3, 0.4) is 0 Å². The van der Waals surface area contributed by atoms with Gasteiger partial charge in [0.15, 0.2) is 0 Å². The van der Waals surface area contributed by atoms with E-state index >= 15 is 0 Å². The zero-order valence-electron chi connectivity index (χ0n) is 5.79. The van der Waals surface area contributed by atoms with Crippen molar-refractivity contribution in [3.63, 3.8) is 0 Å². The third-order valence-electron chi connectivity index (χ3n) is 1.71. The third-order valence-corrected chi connectivity index (χ3v) is 1.96. The summed E-state index contributed by atoms with van der Waals surface area (Å²) in [4.78, 5) is 0.825. The van der Waals surface area contributed by atoms with E-state index in [1.54, 1.807) is 12.1 Å². The van der Waals surface area contributed by atoms with Crippen molar-refractivity contribution >= 4 is 22.9 Å². The van der Waals surface area contributed by atoms with Gasteiger partial charge >= 0.3 is 0 Å². The van der Waals surface area contributed by atoms with E-state index in [4.69, 9.17) is 17.3 Å². The van der Waals surface area contributed by atoms with Crippen LogP contribution in [0.15, 0.2) is 18.2 Å². The largest absolute Gasteiger partial charge is 0.508 e. The van der Waals surface area contributed by atoms with E-state index in [1.165, 1.54) is 0 Å². The molecule has 0 aromatic heterocycles.